The zero-order chi connectivity index (χ0) is 20.8. The van der Waals surface area contributed by atoms with Crippen molar-refractivity contribution in [2.75, 3.05) is 45.0 Å². The van der Waals surface area contributed by atoms with Crippen molar-refractivity contribution in [1.29, 1.82) is 0 Å². The van der Waals surface area contributed by atoms with Gasteiger partial charge in [0.15, 0.2) is 0 Å². The summed E-state index contributed by atoms with van der Waals surface area (Å²) in [6.45, 7) is 2.10. The second-order valence-corrected chi connectivity index (χ2v) is 7.45. The molecule has 0 heterocycles. The molecule has 2 rings (SSSR count). The fraction of sp³-hybridized carbons (Fsp3) is 0.333. The molecule has 150 valence electrons. The van der Waals surface area contributed by atoms with Gasteiger partial charge in [-0.2, -0.15) is 0 Å². The molecule has 6 nitrogen and oxygen atoms in total. The Bertz CT molecular complexity index is 835. The summed E-state index contributed by atoms with van der Waals surface area (Å²) in [6, 6.07) is 13.2. The molecule has 0 spiro atoms. The van der Waals surface area contributed by atoms with E-state index in [-0.39, 0.29) is 6.04 Å². The van der Waals surface area contributed by atoms with Crippen LogP contribution >= 0.6 is 11.6 Å². The molecule has 0 fully saturated rings. The summed E-state index contributed by atoms with van der Waals surface area (Å²) in [5.74, 6) is -1.40. The minimum Gasteiger partial charge on any atom is -0.378 e. The van der Waals surface area contributed by atoms with E-state index >= 15 is 0 Å². The van der Waals surface area contributed by atoms with Gasteiger partial charge in [0.1, 0.15) is 0 Å². The number of hydrogen-bond acceptors (Lipinski definition) is 4. The molecule has 0 saturated carbocycles. The van der Waals surface area contributed by atoms with E-state index in [4.69, 9.17) is 11.6 Å². The third kappa shape index (κ3) is 5.47. The van der Waals surface area contributed by atoms with Gasteiger partial charge in [-0.25, -0.2) is 0 Å². The largest absolute Gasteiger partial charge is 0.378 e. The molecular formula is C21H27ClN4O2. The predicted molar refractivity (Wildman–Crippen MR) is 115 cm³/mol. The van der Waals surface area contributed by atoms with Gasteiger partial charge in [0.25, 0.3) is 0 Å². The highest BCUT2D eigenvalue weighted by Crippen LogP contribution is 2.23. The smallest absolute Gasteiger partial charge is 0.313 e. The van der Waals surface area contributed by atoms with Crippen molar-refractivity contribution in [3.8, 4) is 0 Å². The van der Waals surface area contributed by atoms with Crippen molar-refractivity contribution < 1.29 is 9.59 Å². The number of nitrogens with zero attached hydrogens (tertiary/aromatic N) is 2. The lowest BCUT2D eigenvalue weighted by atomic mass is 10.1. The summed E-state index contributed by atoms with van der Waals surface area (Å²) in [6.07, 6.45) is 0. The maximum atomic E-state index is 12.3. The van der Waals surface area contributed by atoms with Crippen molar-refractivity contribution in [3.63, 3.8) is 0 Å². The van der Waals surface area contributed by atoms with Gasteiger partial charge >= 0.3 is 11.8 Å². The van der Waals surface area contributed by atoms with Crippen LogP contribution in [0.5, 0.6) is 0 Å². The third-order valence-corrected chi connectivity index (χ3v) is 5.01. The zero-order valence-corrected chi connectivity index (χ0v) is 17.7. The topological polar surface area (TPSA) is 64.7 Å². The first-order valence-electron chi connectivity index (χ1n) is 8.98. The molecule has 0 bridgehead atoms. The van der Waals surface area contributed by atoms with Crippen LogP contribution in [0.2, 0.25) is 5.02 Å². The molecule has 28 heavy (non-hydrogen) atoms. The van der Waals surface area contributed by atoms with E-state index in [1.165, 1.54) is 0 Å². The van der Waals surface area contributed by atoms with Gasteiger partial charge in [-0.1, -0.05) is 29.8 Å². The van der Waals surface area contributed by atoms with E-state index in [1.54, 1.807) is 25.1 Å². The van der Waals surface area contributed by atoms with Gasteiger partial charge in [-0.05, 0) is 56.4 Å². The Balaban J connectivity index is 2.01. The Morgan fingerprint density at radius 2 is 1.64 bits per heavy atom. The summed E-state index contributed by atoms with van der Waals surface area (Å²) >= 11 is 6.05. The minimum absolute atomic E-state index is 0.0548. The van der Waals surface area contributed by atoms with Crippen molar-refractivity contribution >= 4 is 34.8 Å². The van der Waals surface area contributed by atoms with Crippen molar-refractivity contribution in [1.82, 2.24) is 10.2 Å². The van der Waals surface area contributed by atoms with E-state index in [0.717, 1.165) is 16.8 Å². The van der Waals surface area contributed by atoms with Crippen LogP contribution in [-0.4, -0.2) is 51.4 Å². The van der Waals surface area contributed by atoms with Crippen LogP contribution in [0, 0.1) is 6.92 Å². The molecule has 0 saturated heterocycles. The molecule has 0 aliphatic heterocycles. The van der Waals surface area contributed by atoms with Crippen LogP contribution in [0.15, 0.2) is 42.5 Å². The average Bonchev–Trinajstić information content (AvgIpc) is 2.65. The fourth-order valence-corrected chi connectivity index (χ4v) is 2.96. The molecular weight excluding hydrogens is 376 g/mol. The lowest BCUT2D eigenvalue weighted by Gasteiger charge is -2.25. The van der Waals surface area contributed by atoms with Crippen LogP contribution in [-0.2, 0) is 9.59 Å². The molecule has 2 N–H and O–H groups in total. The van der Waals surface area contributed by atoms with E-state index in [9.17, 15) is 9.59 Å². The second-order valence-electron chi connectivity index (χ2n) is 7.04. The van der Waals surface area contributed by atoms with Gasteiger partial charge in [0.05, 0.1) is 6.04 Å². The average molecular weight is 403 g/mol. The van der Waals surface area contributed by atoms with Crippen LogP contribution < -0.4 is 15.5 Å². The number of halogens is 1. The SMILES string of the molecule is Cc1c(Cl)cccc1NC(=O)C(=O)NC[C@H](c1ccc(N(C)C)cc1)N(C)C. The van der Waals surface area contributed by atoms with Gasteiger partial charge in [0.2, 0.25) is 0 Å². The van der Waals surface area contributed by atoms with Crippen LogP contribution in [0.1, 0.15) is 17.2 Å². The number of amides is 2. The van der Waals surface area contributed by atoms with Gasteiger partial charge in [0, 0.05) is 37.0 Å². The first-order valence-corrected chi connectivity index (χ1v) is 9.36. The summed E-state index contributed by atoms with van der Waals surface area (Å²) in [5.41, 5.74) is 3.40. The monoisotopic (exact) mass is 402 g/mol. The molecule has 7 heteroatoms. The lowest BCUT2D eigenvalue weighted by Crippen LogP contribution is -2.40. The summed E-state index contributed by atoms with van der Waals surface area (Å²) in [7, 11) is 7.84. The Labute approximate surface area is 171 Å². The number of benzene rings is 2. The molecule has 2 aromatic carbocycles. The molecule has 0 aromatic heterocycles. The predicted octanol–water partition coefficient (Wildman–Crippen LogP) is 3.07. The Kier molecular flexibility index (Phi) is 7.43. The van der Waals surface area contributed by atoms with Gasteiger partial charge in [-0.3, -0.25) is 9.59 Å². The quantitative estimate of drug-likeness (QED) is 0.729. The number of nitrogens with one attached hydrogen (secondary N) is 2. The summed E-state index contributed by atoms with van der Waals surface area (Å²) < 4.78 is 0. The Morgan fingerprint density at radius 1 is 1.00 bits per heavy atom. The number of likely N-dealkylation sites (N-methyl/N-ethyl adjacent to an activating group) is 1. The first kappa shape index (κ1) is 21.7. The number of carbonyl (C=O) groups is 2. The summed E-state index contributed by atoms with van der Waals surface area (Å²) in [5, 5.41) is 5.86. The highest BCUT2D eigenvalue weighted by molar-refractivity contribution is 6.40. The molecule has 1 atom stereocenters. The maximum absolute atomic E-state index is 12.3. The lowest BCUT2D eigenvalue weighted by molar-refractivity contribution is -0.136. The normalized spacial score (nSPS) is 11.8. The maximum Gasteiger partial charge on any atom is 0.313 e. The molecule has 0 aliphatic rings. The van der Waals surface area contributed by atoms with E-state index in [1.807, 2.05) is 62.3 Å². The van der Waals surface area contributed by atoms with Gasteiger partial charge in [-0.15, -0.1) is 0 Å². The second kappa shape index (κ2) is 9.57. The molecule has 2 amide bonds. The number of rotatable bonds is 6. The highest BCUT2D eigenvalue weighted by atomic mass is 35.5. The number of carbonyl (C=O) groups excluding carboxylic acids is 2. The summed E-state index contributed by atoms with van der Waals surface area (Å²) in [4.78, 5) is 28.5. The Hall–Kier alpha value is -2.57. The number of hydrogen-bond donors (Lipinski definition) is 2. The minimum atomic E-state index is -0.717. The highest BCUT2D eigenvalue weighted by Gasteiger charge is 2.19. The molecule has 0 unspecified atom stereocenters. The van der Waals surface area contributed by atoms with E-state index in [0.29, 0.717) is 17.3 Å². The van der Waals surface area contributed by atoms with Crippen molar-refractivity contribution in [3.05, 3.63) is 58.6 Å². The molecule has 0 aliphatic carbocycles. The molecule has 2 aromatic rings. The van der Waals surface area contributed by atoms with Crippen LogP contribution in [0.25, 0.3) is 0 Å². The zero-order valence-electron chi connectivity index (χ0n) is 16.9. The van der Waals surface area contributed by atoms with Crippen LogP contribution in [0.4, 0.5) is 11.4 Å². The van der Waals surface area contributed by atoms with Gasteiger partial charge < -0.3 is 20.4 Å². The first-order chi connectivity index (χ1) is 13.2. The molecule has 0 radical (unpaired) electrons. The third-order valence-electron chi connectivity index (χ3n) is 4.60. The Morgan fingerprint density at radius 3 is 2.21 bits per heavy atom. The van der Waals surface area contributed by atoms with E-state index in [2.05, 4.69) is 10.6 Å². The number of anilines is 2. The van der Waals surface area contributed by atoms with Crippen molar-refractivity contribution in [2.24, 2.45) is 0 Å². The standard InChI is InChI=1S/C21H27ClN4O2/c1-14-17(22)7-6-8-18(14)24-21(28)20(27)23-13-19(26(4)5)15-9-11-16(12-10-15)25(2)3/h6-12,19H,13H2,1-5H3,(H,23,27)(H,24,28)/t19-/m1/s1. The van der Waals surface area contributed by atoms with E-state index < -0.39 is 11.8 Å². The van der Waals surface area contributed by atoms with Crippen LogP contribution in [0.3, 0.4) is 0 Å². The fourth-order valence-electron chi connectivity index (χ4n) is 2.78. The van der Waals surface area contributed by atoms with Crippen molar-refractivity contribution in [2.45, 2.75) is 13.0 Å².